The maximum Gasteiger partial charge on any atom is 0.342 e. The molecule has 0 saturated heterocycles. The normalized spacial score (nSPS) is 17.1. The van der Waals surface area contributed by atoms with Gasteiger partial charge in [0.2, 0.25) is 5.71 Å². The number of benzene rings is 1. The molecule has 0 fully saturated rings. The Hall–Kier alpha value is -2.86. The number of nitrogens with zero attached hydrogens (tertiary/aromatic N) is 4. The van der Waals surface area contributed by atoms with Crippen LogP contribution in [0.25, 0.3) is 22.1 Å². The summed E-state index contributed by atoms with van der Waals surface area (Å²) in [6.07, 6.45) is 6.70. The molecule has 1 aliphatic rings. The molecule has 5 nitrogen and oxygen atoms in total. The van der Waals surface area contributed by atoms with E-state index in [2.05, 4.69) is 102 Å². The van der Waals surface area contributed by atoms with Crippen LogP contribution in [0, 0.1) is 13.8 Å². The summed E-state index contributed by atoms with van der Waals surface area (Å²) >= 11 is 1.76. The molecule has 4 heterocycles. The first kappa shape index (κ1) is 19.1. The lowest BCUT2D eigenvalue weighted by Crippen LogP contribution is -2.48. The molecule has 0 spiro atoms. The summed E-state index contributed by atoms with van der Waals surface area (Å²) in [5.41, 5.74) is 4.88. The summed E-state index contributed by atoms with van der Waals surface area (Å²) in [5.74, 6) is 0. The summed E-state index contributed by atoms with van der Waals surface area (Å²) in [6, 6.07) is 8.44. The van der Waals surface area contributed by atoms with Gasteiger partial charge in [0.1, 0.15) is 18.0 Å². The van der Waals surface area contributed by atoms with Crippen molar-refractivity contribution in [1.82, 2.24) is 9.88 Å². The molecule has 0 N–H and O–H groups in total. The molecule has 4 aromatic rings. The van der Waals surface area contributed by atoms with Crippen molar-refractivity contribution in [2.24, 2.45) is 7.05 Å². The van der Waals surface area contributed by atoms with E-state index in [-0.39, 0.29) is 11.7 Å². The molecule has 154 valence electrons. The third-order valence-corrected chi connectivity index (χ3v) is 7.25. The number of thiazole rings is 1. The van der Waals surface area contributed by atoms with Crippen LogP contribution in [0.2, 0.25) is 0 Å². The summed E-state index contributed by atoms with van der Waals surface area (Å²) in [6.45, 7) is 11.0. The van der Waals surface area contributed by atoms with Crippen molar-refractivity contribution < 1.29 is 8.98 Å². The Balaban J connectivity index is 1.66. The van der Waals surface area contributed by atoms with Crippen LogP contribution in [0.15, 0.2) is 52.7 Å². The van der Waals surface area contributed by atoms with Gasteiger partial charge >= 0.3 is 5.13 Å². The Kier molecular flexibility index (Phi) is 4.19. The lowest BCUT2D eigenvalue weighted by atomic mass is 9.85. The predicted molar refractivity (Wildman–Crippen MR) is 122 cm³/mol. The largest absolute Gasteiger partial charge is 0.438 e. The summed E-state index contributed by atoms with van der Waals surface area (Å²) < 4.78 is 8.32. The minimum Gasteiger partial charge on any atom is -0.438 e. The van der Waals surface area contributed by atoms with Crippen molar-refractivity contribution in [1.29, 1.82) is 0 Å². The fourth-order valence-electron chi connectivity index (χ4n) is 4.84. The van der Waals surface area contributed by atoms with Gasteiger partial charge in [-0.05, 0) is 63.9 Å². The number of rotatable bonds is 3. The number of pyridine rings is 1. The number of anilines is 1. The Morgan fingerprint density at radius 3 is 2.67 bits per heavy atom. The molecule has 0 saturated carbocycles. The van der Waals surface area contributed by atoms with E-state index in [4.69, 9.17) is 4.42 Å². The highest BCUT2D eigenvalue weighted by atomic mass is 32.1. The van der Waals surface area contributed by atoms with Crippen LogP contribution < -0.4 is 9.47 Å². The molecule has 3 aromatic heterocycles. The molecule has 1 aliphatic heterocycles. The van der Waals surface area contributed by atoms with Gasteiger partial charge in [0.25, 0.3) is 0 Å². The molecular weight excluding hydrogens is 392 g/mol. The van der Waals surface area contributed by atoms with Gasteiger partial charge in [0, 0.05) is 28.0 Å². The predicted octanol–water partition coefficient (Wildman–Crippen LogP) is 5.36. The van der Waals surface area contributed by atoms with Crippen LogP contribution in [-0.2, 0) is 12.6 Å². The maximum absolute atomic E-state index is 6.15. The van der Waals surface area contributed by atoms with Gasteiger partial charge in [-0.1, -0.05) is 17.4 Å². The first-order valence-electron chi connectivity index (χ1n) is 10.3. The van der Waals surface area contributed by atoms with Crippen molar-refractivity contribution in [2.45, 2.75) is 46.3 Å². The Morgan fingerprint density at radius 1 is 1.13 bits per heavy atom. The average Bonchev–Trinajstić information content (AvgIpc) is 3.37. The maximum atomic E-state index is 6.15. The number of hydrogen-bond donors (Lipinski definition) is 0. The summed E-state index contributed by atoms with van der Waals surface area (Å²) in [4.78, 5) is 9.40. The fraction of sp³-hybridized carbons (Fsp3) is 0.333. The Labute approximate surface area is 180 Å². The van der Waals surface area contributed by atoms with Gasteiger partial charge in [0.15, 0.2) is 6.17 Å². The SMILES string of the molecule is Cc1ccc2c(n1)oc1ccc(C)c(C(C)(C)N3C=CN(c4scc[n+]4C)[C@H]3C)c12. The zero-order valence-electron chi connectivity index (χ0n) is 18.3. The quantitative estimate of drug-likeness (QED) is 0.419. The fourth-order valence-corrected chi connectivity index (χ4v) is 5.77. The lowest BCUT2D eigenvalue weighted by Gasteiger charge is -2.40. The molecule has 5 rings (SSSR count). The highest BCUT2D eigenvalue weighted by Crippen LogP contribution is 2.43. The van der Waals surface area contributed by atoms with E-state index in [0.29, 0.717) is 5.71 Å². The zero-order valence-corrected chi connectivity index (χ0v) is 19.1. The second-order valence-electron chi connectivity index (χ2n) is 8.64. The highest BCUT2D eigenvalue weighted by molar-refractivity contribution is 7.13. The van der Waals surface area contributed by atoms with Gasteiger partial charge in [-0.3, -0.25) is 0 Å². The number of aryl methyl sites for hydroxylation is 3. The Bertz CT molecular complexity index is 1300. The van der Waals surface area contributed by atoms with E-state index < -0.39 is 0 Å². The minimum atomic E-state index is -0.244. The second-order valence-corrected chi connectivity index (χ2v) is 9.51. The van der Waals surface area contributed by atoms with Crippen molar-refractivity contribution >= 4 is 38.5 Å². The van der Waals surface area contributed by atoms with Crippen molar-refractivity contribution in [3.8, 4) is 0 Å². The highest BCUT2D eigenvalue weighted by Gasteiger charge is 2.42. The van der Waals surface area contributed by atoms with Crippen LogP contribution in [0.3, 0.4) is 0 Å². The monoisotopic (exact) mass is 419 g/mol. The number of fused-ring (bicyclic) bond motifs is 3. The van der Waals surface area contributed by atoms with Gasteiger partial charge in [-0.25, -0.2) is 14.5 Å². The third-order valence-electron chi connectivity index (χ3n) is 6.28. The van der Waals surface area contributed by atoms with Crippen LogP contribution in [0.1, 0.15) is 37.6 Å². The topological polar surface area (TPSA) is 36.4 Å². The van der Waals surface area contributed by atoms with E-state index in [1.54, 1.807) is 11.3 Å². The molecule has 30 heavy (non-hydrogen) atoms. The Morgan fingerprint density at radius 2 is 1.93 bits per heavy atom. The first-order chi connectivity index (χ1) is 14.3. The molecular formula is C24H27N4OS+. The van der Waals surface area contributed by atoms with Crippen molar-refractivity contribution in [3.05, 3.63) is 65.1 Å². The molecule has 0 amide bonds. The summed E-state index contributed by atoms with van der Waals surface area (Å²) in [7, 11) is 2.09. The van der Waals surface area contributed by atoms with Crippen LogP contribution in [-0.4, -0.2) is 16.0 Å². The second kappa shape index (κ2) is 6.57. The van der Waals surface area contributed by atoms with Crippen LogP contribution >= 0.6 is 11.3 Å². The molecule has 6 heteroatoms. The molecule has 0 radical (unpaired) electrons. The van der Waals surface area contributed by atoms with E-state index in [1.165, 1.54) is 21.6 Å². The van der Waals surface area contributed by atoms with Crippen LogP contribution in [0.4, 0.5) is 5.13 Å². The molecule has 0 unspecified atom stereocenters. The van der Waals surface area contributed by atoms with E-state index >= 15 is 0 Å². The van der Waals surface area contributed by atoms with Gasteiger partial charge < -0.3 is 9.32 Å². The zero-order chi connectivity index (χ0) is 21.2. The minimum absolute atomic E-state index is 0.193. The average molecular weight is 420 g/mol. The van der Waals surface area contributed by atoms with Crippen molar-refractivity contribution in [3.63, 3.8) is 0 Å². The molecule has 0 bridgehead atoms. The standard InChI is InChI=1S/C24H27N4OS/c1-15-7-10-19-20(18-9-8-16(2)25-22(18)29-19)21(15)24(4,5)28-12-11-27(17(28)3)23-26(6)13-14-30-23/h7-14,17H,1-6H3/q+1/t17-/m1/s1. The van der Waals surface area contributed by atoms with Gasteiger partial charge in [-0.15, -0.1) is 0 Å². The summed E-state index contributed by atoms with van der Waals surface area (Å²) in [5, 5.41) is 5.60. The molecule has 1 atom stereocenters. The van der Waals surface area contributed by atoms with Crippen LogP contribution in [0.5, 0.6) is 0 Å². The van der Waals surface area contributed by atoms with Gasteiger partial charge in [-0.2, -0.15) is 0 Å². The lowest BCUT2D eigenvalue weighted by molar-refractivity contribution is -0.654. The molecule has 1 aromatic carbocycles. The third kappa shape index (κ3) is 2.67. The number of aromatic nitrogens is 2. The van der Waals surface area contributed by atoms with E-state index in [0.717, 1.165) is 16.7 Å². The van der Waals surface area contributed by atoms with Crippen molar-refractivity contribution in [2.75, 3.05) is 4.90 Å². The first-order valence-corrected chi connectivity index (χ1v) is 11.1. The van der Waals surface area contributed by atoms with E-state index in [9.17, 15) is 0 Å². The number of furan rings is 1. The molecule has 0 aliphatic carbocycles. The van der Waals surface area contributed by atoms with E-state index in [1.807, 2.05) is 6.92 Å². The smallest absolute Gasteiger partial charge is 0.342 e. The number of hydrogen-bond acceptors (Lipinski definition) is 5. The van der Waals surface area contributed by atoms with Gasteiger partial charge in [0.05, 0.1) is 12.6 Å².